The van der Waals surface area contributed by atoms with Gasteiger partial charge in [0.1, 0.15) is 0 Å². The fourth-order valence-corrected chi connectivity index (χ4v) is 2.15. The molecule has 1 unspecified atom stereocenters. The molecule has 2 heterocycles. The number of rotatable bonds is 5. The second-order valence-corrected chi connectivity index (χ2v) is 4.54. The van der Waals surface area contributed by atoms with Crippen molar-refractivity contribution in [3.05, 3.63) is 18.0 Å². The summed E-state index contributed by atoms with van der Waals surface area (Å²) in [5.41, 5.74) is 0.956. The van der Waals surface area contributed by atoms with Crippen molar-refractivity contribution in [3.63, 3.8) is 0 Å². The summed E-state index contributed by atoms with van der Waals surface area (Å²) in [4.78, 5) is 13.9. The Morgan fingerprint density at radius 3 is 3.06 bits per heavy atom. The van der Waals surface area contributed by atoms with Gasteiger partial charge in [0.15, 0.2) is 0 Å². The molecule has 0 aliphatic carbocycles. The molecule has 5 heteroatoms. The van der Waals surface area contributed by atoms with E-state index in [9.17, 15) is 4.79 Å². The molecule has 0 bridgehead atoms. The number of amides is 1. The minimum Gasteiger partial charge on any atom is -0.335 e. The number of likely N-dealkylation sites (tertiary alicyclic amines) is 1. The predicted molar refractivity (Wildman–Crippen MR) is 65.3 cm³/mol. The number of carbonyl (C=O) groups is 1. The summed E-state index contributed by atoms with van der Waals surface area (Å²) in [7, 11) is 1.89. The zero-order valence-corrected chi connectivity index (χ0v) is 10.5. The van der Waals surface area contributed by atoms with Crippen molar-refractivity contribution < 1.29 is 4.79 Å². The highest BCUT2D eigenvalue weighted by Crippen LogP contribution is 2.14. The summed E-state index contributed by atoms with van der Waals surface area (Å²) < 4.78 is 1.77. The van der Waals surface area contributed by atoms with Gasteiger partial charge in [-0.15, -0.1) is 0 Å². The molecule has 1 aromatic rings. The van der Waals surface area contributed by atoms with E-state index < -0.39 is 0 Å². The molecule has 1 fully saturated rings. The Morgan fingerprint density at radius 1 is 1.59 bits per heavy atom. The third-order valence-electron chi connectivity index (χ3n) is 3.06. The van der Waals surface area contributed by atoms with Gasteiger partial charge in [0, 0.05) is 19.8 Å². The Balaban J connectivity index is 1.89. The molecule has 0 saturated carbocycles. The number of nitrogens with zero attached hydrogens (tertiary/aromatic N) is 3. The maximum atomic E-state index is 12.1. The van der Waals surface area contributed by atoms with Gasteiger partial charge in [-0.05, 0) is 25.5 Å². The molecule has 1 amide bonds. The number of aromatic nitrogens is 2. The fraction of sp³-hybridized carbons (Fsp3) is 0.667. The van der Waals surface area contributed by atoms with E-state index in [0.717, 1.165) is 31.6 Å². The van der Waals surface area contributed by atoms with Gasteiger partial charge in [0.05, 0.1) is 18.3 Å². The molecule has 5 nitrogen and oxygen atoms in total. The molecule has 1 saturated heterocycles. The summed E-state index contributed by atoms with van der Waals surface area (Å²) >= 11 is 0. The van der Waals surface area contributed by atoms with E-state index in [2.05, 4.69) is 17.3 Å². The first-order valence-corrected chi connectivity index (χ1v) is 6.21. The summed E-state index contributed by atoms with van der Waals surface area (Å²) in [5, 5.41) is 7.58. The zero-order valence-electron chi connectivity index (χ0n) is 10.5. The predicted octanol–water partition coefficient (Wildman–Crippen LogP) is 0.521. The quantitative estimate of drug-likeness (QED) is 0.811. The van der Waals surface area contributed by atoms with Crippen molar-refractivity contribution in [3.8, 4) is 0 Å². The van der Waals surface area contributed by atoms with Crippen LogP contribution in [0.3, 0.4) is 0 Å². The van der Waals surface area contributed by atoms with Gasteiger partial charge in [0.2, 0.25) is 5.91 Å². The van der Waals surface area contributed by atoms with Crippen LogP contribution in [0.4, 0.5) is 0 Å². The van der Waals surface area contributed by atoms with Crippen LogP contribution in [0.2, 0.25) is 0 Å². The summed E-state index contributed by atoms with van der Waals surface area (Å²) in [6.07, 6.45) is 3.87. The lowest BCUT2D eigenvalue weighted by Crippen LogP contribution is -2.38. The molecular formula is C12H20N4O. The molecular weight excluding hydrogens is 216 g/mol. The van der Waals surface area contributed by atoms with E-state index in [1.54, 1.807) is 4.68 Å². The van der Waals surface area contributed by atoms with Crippen molar-refractivity contribution in [1.29, 1.82) is 0 Å². The zero-order chi connectivity index (χ0) is 12.3. The highest BCUT2D eigenvalue weighted by molar-refractivity contribution is 5.83. The van der Waals surface area contributed by atoms with E-state index in [1.165, 1.54) is 0 Å². The average Bonchev–Trinajstić information content (AvgIpc) is 2.86. The first-order valence-electron chi connectivity index (χ1n) is 6.21. The van der Waals surface area contributed by atoms with Crippen LogP contribution in [-0.2, 0) is 18.4 Å². The standard InChI is InChI=1S/C12H20N4O/c1-3-6-13-11-5-8-16(12(11)17)9-10-4-7-15(2)14-10/h4,7,11,13H,3,5-6,8-9H2,1-2H3. The molecule has 0 aromatic carbocycles. The third-order valence-corrected chi connectivity index (χ3v) is 3.06. The molecule has 1 aromatic heterocycles. The smallest absolute Gasteiger partial charge is 0.240 e. The average molecular weight is 236 g/mol. The first-order chi connectivity index (χ1) is 8.20. The molecule has 1 aliphatic rings. The molecule has 2 rings (SSSR count). The number of hydrogen-bond donors (Lipinski definition) is 1. The summed E-state index contributed by atoms with van der Waals surface area (Å²) in [6.45, 7) is 4.48. The van der Waals surface area contributed by atoms with Crippen LogP contribution in [0.1, 0.15) is 25.5 Å². The number of nitrogens with one attached hydrogen (secondary N) is 1. The third kappa shape index (κ3) is 2.85. The van der Waals surface area contributed by atoms with Crippen LogP contribution >= 0.6 is 0 Å². The first kappa shape index (κ1) is 12.1. The van der Waals surface area contributed by atoms with Crippen molar-refractivity contribution in [2.75, 3.05) is 13.1 Å². The van der Waals surface area contributed by atoms with Crippen LogP contribution in [0.5, 0.6) is 0 Å². The largest absolute Gasteiger partial charge is 0.335 e. The van der Waals surface area contributed by atoms with Crippen LogP contribution in [0.15, 0.2) is 12.3 Å². The van der Waals surface area contributed by atoms with Crippen molar-refractivity contribution in [1.82, 2.24) is 20.0 Å². The molecule has 0 radical (unpaired) electrons. The van der Waals surface area contributed by atoms with Crippen LogP contribution in [0.25, 0.3) is 0 Å². The van der Waals surface area contributed by atoms with Crippen molar-refractivity contribution in [2.24, 2.45) is 7.05 Å². The second kappa shape index (κ2) is 5.31. The van der Waals surface area contributed by atoms with Gasteiger partial charge in [-0.25, -0.2) is 0 Å². The van der Waals surface area contributed by atoms with E-state index >= 15 is 0 Å². The lowest BCUT2D eigenvalue weighted by Gasteiger charge is -2.15. The van der Waals surface area contributed by atoms with Gasteiger partial charge in [-0.1, -0.05) is 6.92 Å². The summed E-state index contributed by atoms with van der Waals surface area (Å²) in [5.74, 6) is 0.212. The Morgan fingerprint density at radius 2 is 2.41 bits per heavy atom. The van der Waals surface area contributed by atoms with Gasteiger partial charge >= 0.3 is 0 Å². The molecule has 1 atom stereocenters. The molecule has 17 heavy (non-hydrogen) atoms. The van der Waals surface area contributed by atoms with Crippen LogP contribution in [0, 0.1) is 0 Å². The number of aryl methyl sites for hydroxylation is 1. The second-order valence-electron chi connectivity index (χ2n) is 4.54. The van der Waals surface area contributed by atoms with Crippen LogP contribution < -0.4 is 5.32 Å². The molecule has 1 aliphatic heterocycles. The van der Waals surface area contributed by atoms with Gasteiger partial charge in [0.25, 0.3) is 0 Å². The van der Waals surface area contributed by atoms with Gasteiger partial charge < -0.3 is 10.2 Å². The topological polar surface area (TPSA) is 50.2 Å². The van der Waals surface area contributed by atoms with E-state index in [-0.39, 0.29) is 11.9 Å². The Kier molecular flexibility index (Phi) is 3.78. The minimum absolute atomic E-state index is 0.0127. The van der Waals surface area contributed by atoms with Crippen LogP contribution in [-0.4, -0.2) is 39.7 Å². The van der Waals surface area contributed by atoms with Crippen molar-refractivity contribution in [2.45, 2.75) is 32.4 Å². The van der Waals surface area contributed by atoms with Gasteiger partial charge in [-0.3, -0.25) is 9.48 Å². The lowest BCUT2D eigenvalue weighted by molar-refractivity contribution is -0.129. The van der Waals surface area contributed by atoms with E-state index in [1.807, 2.05) is 24.2 Å². The van der Waals surface area contributed by atoms with E-state index in [4.69, 9.17) is 0 Å². The highest BCUT2D eigenvalue weighted by Gasteiger charge is 2.31. The highest BCUT2D eigenvalue weighted by atomic mass is 16.2. The lowest BCUT2D eigenvalue weighted by atomic mass is 10.2. The maximum Gasteiger partial charge on any atom is 0.240 e. The van der Waals surface area contributed by atoms with Gasteiger partial charge in [-0.2, -0.15) is 5.10 Å². The monoisotopic (exact) mass is 236 g/mol. The number of hydrogen-bond acceptors (Lipinski definition) is 3. The summed E-state index contributed by atoms with van der Waals surface area (Å²) in [6, 6.07) is 1.97. The Labute approximate surface area is 102 Å². The molecule has 0 spiro atoms. The normalized spacial score (nSPS) is 20.2. The van der Waals surface area contributed by atoms with E-state index in [0.29, 0.717) is 6.54 Å². The van der Waals surface area contributed by atoms with Crippen molar-refractivity contribution >= 4 is 5.91 Å². The minimum atomic E-state index is 0.0127. The molecule has 94 valence electrons. The Hall–Kier alpha value is -1.36. The number of carbonyl (C=O) groups excluding carboxylic acids is 1. The molecule has 1 N–H and O–H groups in total. The fourth-order valence-electron chi connectivity index (χ4n) is 2.15. The SMILES string of the molecule is CCCNC1CCN(Cc2ccn(C)n2)C1=O. The Bertz CT molecular complexity index is 388. The maximum absolute atomic E-state index is 12.1.